The lowest BCUT2D eigenvalue weighted by atomic mass is 9.95. The summed E-state index contributed by atoms with van der Waals surface area (Å²) in [5, 5.41) is 18.2. The fourth-order valence-corrected chi connectivity index (χ4v) is 7.33. The van der Waals surface area contributed by atoms with Crippen molar-refractivity contribution in [3.63, 3.8) is 0 Å². The smallest absolute Gasteiger partial charge is 0.243 e. The van der Waals surface area contributed by atoms with Gasteiger partial charge in [-0.25, -0.2) is 0 Å². The molecule has 5 rings (SSSR count). The van der Waals surface area contributed by atoms with E-state index in [2.05, 4.69) is 26.1 Å². The van der Waals surface area contributed by atoms with Crippen LogP contribution in [-0.2, 0) is 16.0 Å². The maximum absolute atomic E-state index is 14.1. The van der Waals surface area contributed by atoms with Crippen molar-refractivity contribution in [3.8, 4) is 28.4 Å². The number of rotatable bonds is 15. The van der Waals surface area contributed by atoms with E-state index in [0.29, 0.717) is 71.3 Å². The number of aryl methyl sites for hydroxylation is 1. The second-order valence-corrected chi connectivity index (χ2v) is 13.9. The number of hydrogen-bond acceptors (Lipinski definition) is 11. The molecule has 0 unspecified atom stereocenters. The fourth-order valence-electron chi connectivity index (χ4n) is 6.39. The van der Waals surface area contributed by atoms with Crippen molar-refractivity contribution in [2.24, 2.45) is 0 Å². The van der Waals surface area contributed by atoms with Crippen molar-refractivity contribution < 1.29 is 23.8 Å². The summed E-state index contributed by atoms with van der Waals surface area (Å²) < 4.78 is 19.1. The molecule has 1 aliphatic rings. The van der Waals surface area contributed by atoms with Gasteiger partial charge in [0.05, 0.1) is 39.1 Å². The molecule has 2 aromatic heterocycles. The van der Waals surface area contributed by atoms with Crippen LogP contribution >= 0.6 is 23.5 Å². The van der Waals surface area contributed by atoms with Crippen molar-refractivity contribution in [1.29, 1.82) is 0 Å². The van der Waals surface area contributed by atoms with Crippen LogP contribution in [0.4, 0.5) is 5.69 Å². The number of fused-ring (bicyclic) bond motifs is 4. The molecule has 3 atom stereocenters. The number of nitrogens with one attached hydrogen (secondary N) is 3. The molecule has 14 heteroatoms. The number of carbonyl (C=O) groups is 2. The van der Waals surface area contributed by atoms with Crippen LogP contribution in [0.25, 0.3) is 16.8 Å². The largest absolute Gasteiger partial charge is 0.493 e. The molecule has 0 spiro atoms. The van der Waals surface area contributed by atoms with Crippen LogP contribution in [0.3, 0.4) is 0 Å². The van der Waals surface area contributed by atoms with Crippen LogP contribution in [0.5, 0.6) is 17.2 Å². The summed E-state index contributed by atoms with van der Waals surface area (Å²) in [5.74, 6) is 3.10. The maximum atomic E-state index is 14.1. The second kappa shape index (κ2) is 17.0. The monoisotopic (exact) mass is 720 g/mol. The first-order valence-corrected chi connectivity index (χ1v) is 19.1. The summed E-state index contributed by atoms with van der Waals surface area (Å²) in [6.45, 7) is 1.46. The first kappa shape index (κ1) is 36.8. The van der Waals surface area contributed by atoms with Gasteiger partial charge in [0.1, 0.15) is 6.04 Å². The summed E-state index contributed by atoms with van der Waals surface area (Å²) in [6, 6.07) is 11.1. The van der Waals surface area contributed by atoms with Gasteiger partial charge in [-0.05, 0) is 96.7 Å². The predicted molar refractivity (Wildman–Crippen MR) is 200 cm³/mol. The number of nitrogens with zero attached hydrogens (tertiary/aromatic N) is 3. The Balaban J connectivity index is 1.56. The molecule has 1 aliphatic carbocycles. The van der Waals surface area contributed by atoms with E-state index >= 15 is 0 Å². The quantitative estimate of drug-likeness (QED) is 0.152. The zero-order chi connectivity index (χ0) is 35.8. The van der Waals surface area contributed by atoms with E-state index in [9.17, 15) is 14.4 Å². The summed E-state index contributed by atoms with van der Waals surface area (Å²) in [6.07, 6.45) is 8.14. The van der Waals surface area contributed by atoms with Crippen molar-refractivity contribution in [3.05, 3.63) is 75.8 Å². The summed E-state index contributed by atoms with van der Waals surface area (Å²) in [4.78, 5) is 40.5. The topological polar surface area (TPSA) is 145 Å². The van der Waals surface area contributed by atoms with Gasteiger partial charge < -0.3 is 30.2 Å². The highest BCUT2D eigenvalue weighted by Gasteiger charge is 2.30. The third-order valence-corrected chi connectivity index (χ3v) is 10.0. The SMILES string of the molecule is COc1cc2c(c(OC)c1OC)-c1ccc(N[C@H](CCSC)C(=O)N[C@H](CCSC)c3nnc4ccccn34)c(=O)cc1[C@@H](NC(C)=O)CC2. The van der Waals surface area contributed by atoms with Crippen molar-refractivity contribution >= 4 is 46.7 Å². The number of ether oxygens (including phenoxy) is 3. The highest BCUT2D eigenvalue weighted by Crippen LogP contribution is 2.50. The van der Waals surface area contributed by atoms with Crippen molar-refractivity contribution in [2.75, 3.05) is 50.7 Å². The number of pyridine rings is 1. The molecule has 12 nitrogen and oxygen atoms in total. The number of amides is 2. The fraction of sp³-hybridized carbons (Fsp3) is 0.417. The maximum Gasteiger partial charge on any atom is 0.243 e. The van der Waals surface area contributed by atoms with Crippen LogP contribution in [0.1, 0.15) is 55.2 Å². The third-order valence-electron chi connectivity index (χ3n) is 8.75. The molecule has 266 valence electrons. The van der Waals surface area contributed by atoms with E-state index in [1.165, 1.54) is 6.92 Å². The zero-order valence-electron chi connectivity index (χ0n) is 29.2. The van der Waals surface area contributed by atoms with Crippen LogP contribution in [0.15, 0.2) is 53.5 Å². The summed E-state index contributed by atoms with van der Waals surface area (Å²) in [5.41, 5.74) is 3.68. The molecule has 0 radical (unpaired) electrons. The molecule has 2 aromatic carbocycles. The second-order valence-electron chi connectivity index (χ2n) is 11.9. The Labute approximate surface area is 300 Å². The van der Waals surface area contributed by atoms with Gasteiger partial charge in [0.2, 0.25) is 23.0 Å². The van der Waals surface area contributed by atoms with Crippen molar-refractivity contribution in [2.45, 2.75) is 50.7 Å². The van der Waals surface area contributed by atoms with E-state index in [4.69, 9.17) is 14.2 Å². The molecule has 3 N–H and O–H groups in total. The van der Waals surface area contributed by atoms with Crippen LogP contribution in [0.2, 0.25) is 0 Å². The van der Waals surface area contributed by atoms with Gasteiger partial charge in [0, 0.05) is 18.7 Å². The standard InChI is InChI=1S/C36H44N6O6S2/c1-21(43)37-25-12-10-22-19-30(46-2)33(47-3)34(48-4)32(22)23-11-13-26(29(44)20-24(23)25)38-28(15-18-50-6)36(45)39-27(14-17-49-5)35-41-40-31-9-7-8-16-42(31)35/h7-9,11,13,16,19-20,25,27-28H,10,12,14-15,17-18H2,1-6H3,(H,37,43)(H,38,44)(H,39,45)/t25-,27+,28+/m0/s1. The number of methoxy groups -OCH3 is 3. The highest BCUT2D eigenvalue weighted by molar-refractivity contribution is 7.98. The first-order chi connectivity index (χ1) is 24.2. The number of hydrogen-bond donors (Lipinski definition) is 3. The first-order valence-electron chi connectivity index (χ1n) is 16.4. The van der Waals surface area contributed by atoms with Crippen LogP contribution < -0.4 is 35.6 Å². The summed E-state index contributed by atoms with van der Waals surface area (Å²) >= 11 is 3.31. The van der Waals surface area contributed by atoms with Crippen molar-refractivity contribution in [1.82, 2.24) is 25.2 Å². The molecule has 50 heavy (non-hydrogen) atoms. The van der Waals surface area contributed by atoms with Gasteiger partial charge in [0.15, 0.2) is 23.0 Å². The van der Waals surface area contributed by atoms with Gasteiger partial charge in [-0.15, -0.1) is 10.2 Å². The van der Waals surface area contributed by atoms with E-state index in [1.54, 1.807) is 57.0 Å². The minimum absolute atomic E-state index is 0.211. The molecule has 0 aliphatic heterocycles. The Bertz CT molecular complexity index is 1900. The Hall–Kier alpha value is -4.43. The molecular formula is C36H44N6O6S2. The normalized spacial score (nSPS) is 14.8. The molecule has 2 amide bonds. The number of anilines is 1. The van der Waals surface area contributed by atoms with Gasteiger partial charge in [0.25, 0.3) is 0 Å². The number of carbonyl (C=O) groups excluding carboxylic acids is 2. The molecular weight excluding hydrogens is 677 g/mol. The van der Waals surface area contributed by atoms with E-state index < -0.39 is 18.1 Å². The molecule has 0 fully saturated rings. The molecule has 2 heterocycles. The summed E-state index contributed by atoms with van der Waals surface area (Å²) in [7, 11) is 4.68. The number of thioether (sulfide) groups is 2. The van der Waals surface area contributed by atoms with Crippen LogP contribution in [-0.4, -0.2) is 77.8 Å². The highest BCUT2D eigenvalue weighted by atomic mass is 32.2. The Morgan fingerprint density at radius 3 is 2.44 bits per heavy atom. The molecule has 0 bridgehead atoms. The Morgan fingerprint density at radius 1 is 0.980 bits per heavy atom. The zero-order valence-corrected chi connectivity index (χ0v) is 30.8. The lowest BCUT2D eigenvalue weighted by molar-refractivity contribution is -0.123. The molecule has 0 saturated carbocycles. The average molecular weight is 721 g/mol. The van der Waals surface area contributed by atoms with E-state index in [0.717, 1.165) is 16.9 Å². The van der Waals surface area contributed by atoms with E-state index in [-0.39, 0.29) is 22.9 Å². The van der Waals surface area contributed by atoms with Gasteiger partial charge in [-0.2, -0.15) is 23.5 Å². The predicted octanol–water partition coefficient (Wildman–Crippen LogP) is 5.05. The average Bonchev–Trinajstić information content (AvgIpc) is 3.41. The minimum atomic E-state index is -0.717. The molecule has 4 aromatic rings. The number of benzene rings is 1. The van der Waals surface area contributed by atoms with Crippen LogP contribution in [0, 0.1) is 0 Å². The third kappa shape index (κ3) is 7.96. The molecule has 0 saturated heterocycles. The van der Waals surface area contributed by atoms with Gasteiger partial charge in [-0.1, -0.05) is 12.1 Å². The lowest BCUT2D eigenvalue weighted by Gasteiger charge is -2.23. The number of aromatic nitrogens is 3. The Morgan fingerprint density at radius 2 is 1.74 bits per heavy atom. The minimum Gasteiger partial charge on any atom is -0.493 e. The Kier molecular flexibility index (Phi) is 12.5. The van der Waals surface area contributed by atoms with Gasteiger partial charge >= 0.3 is 0 Å². The van der Waals surface area contributed by atoms with Gasteiger partial charge in [-0.3, -0.25) is 18.8 Å². The van der Waals surface area contributed by atoms with E-state index in [1.807, 2.05) is 53.4 Å². The lowest BCUT2D eigenvalue weighted by Crippen LogP contribution is -2.43.